The van der Waals surface area contributed by atoms with Crippen molar-refractivity contribution in [3.8, 4) is 0 Å². The van der Waals surface area contributed by atoms with Crippen molar-refractivity contribution in [3.63, 3.8) is 0 Å². The maximum Gasteiger partial charge on any atom is 0.319 e. The summed E-state index contributed by atoms with van der Waals surface area (Å²) in [6.07, 6.45) is 0.559. The van der Waals surface area contributed by atoms with E-state index in [0.717, 1.165) is 18.2 Å². The van der Waals surface area contributed by atoms with Crippen molar-refractivity contribution in [1.82, 2.24) is 10.6 Å². The first-order valence-corrected chi connectivity index (χ1v) is 10.4. The van der Waals surface area contributed by atoms with E-state index in [1.165, 1.54) is 24.3 Å². The molecule has 2 aromatic carbocycles. The zero-order chi connectivity index (χ0) is 23.8. The zero-order valence-corrected chi connectivity index (χ0v) is 17.6. The number of hydrogen-bond acceptors (Lipinski definition) is 4. The maximum absolute atomic E-state index is 13.7. The molecule has 0 spiro atoms. The summed E-state index contributed by atoms with van der Waals surface area (Å²) in [7, 11) is 0. The van der Waals surface area contributed by atoms with Gasteiger partial charge in [0.05, 0.1) is 24.4 Å². The van der Waals surface area contributed by atoms with Gasteiger partial charge in [0.25, 0.3) is 0 Å². The van der Waals surface area contributed by atoms with Gasteiger partial charge >= 0.3 is 12.1 Å². The van der Waals surface area contributed by atoms with Crippen LogP contribution in [0.2, 0.25) is 0 Å². The number of aliphatic hydroxyl groups is 1. The van der Waals surface area contributed by atoms with Crippen LogP contribution in [0.1, 0.15) is 19.3 Å². The van der Waals surface area contributed by atoms with E-state index in [2.05, 4.69) is 21.3 Å². The van der Waals surface area contributed by atoms with Crippen LogP contribution in [-0.4, -0.2) is 48.6 Å². The molecule has 33 heavy (non-hydrogen) atoms. The van der Waals surface area contributed by atoms with Crippen LogP contribution in [0.4, 0.5) is 34.1 Å². The van der Waals surface area contributed by atoms with Crippen molar-refractivity contribution in [1.29, 1.82) is 0 Å². The molecule has 0 radical (unpaired) electrons. The van der Waals surface area contributed by atoms with Crippen LogP contribution in [0.5, 0.6) is 0 Å². The Bertz CT molecular complexity index is 961. The maximum atomic E-state index is 13.7. The molecular weight excluding hydrogens is 441 g/mol. The number of amides is 4. The number of nitrogens with one attached hydrogen (secondary N) is 4. The molecule has 2 aromatic rings. The molecule has 5 N–H and O–H groups in total. The van der Waals surface area contributed by atoms with E-state index in [1.54, 1.807) is 0 Å². The third kappa shape index (κ3) is 7.36. The van der Waals surface area contributed by atoms with Gasteiger partial charge in [0, 0.05) is 18.3 Å². The largest absolute Gasteiger partial charge is 0.394 e. The van der Waals surface area contributed by atoms with Gasteiger partial charge < -0.3 is 31.1 Å². The first-order valence-electron chi connectivity index (χ1n) is 10.4. The normalized spacial score (nSPS) is 20.1. The molecule has 1 saturated heterocycles. The summed E-state index contributed by atoms with van der Waals surface area (Å²) in [6, 6.07) is 6.35. The van der Waals surface area contributed by atoms with Gasteiger partial charge in [0.15, 0.2) is 0 Å². The Kier molecular flexibility index (Phi) is 8.50. The van der Waals surface area contributed by atoms with Gasteiger partial charge in [-0.15, -0.1) is 0 Å². The van der Waals surface area contributed by atoms with Crippen LogP contribution in [0.25, 0.3) is 0 Å². The number of halogens is 3. The summed E-state index contributed by atoms with van der Waals surface area (Å²) in [5.41, 5.74) is 0.154. The first kappa shape index (κ1) is 24.3. The summed E-state index contributed by atoms with van der Waals surface area (Å²) < 4.78 is 45.7. The third-order valence-corrected chi connectivity index (χ3v) is 5.14. The fourth-order valence-corrected chi connectivity index (χ4v) is 3.48. The number of urea groups is 2. The molecule has 8 nitrogen and oxygen atoms in total. The Morgan fingerprint density at radius 1 is 0.970 bits per heavy atom. The Morgan fingerprint density at radius 2 is 1.70 bits per heavy atom. The number of carbonyl (C=O) groups excluding carboxylic acids is 2. The van der Waals surface area contributed by atoms with E-state index in [1.807, 2.05) is 0 Å². The van der Waals surface area contributed by atoms with E-state index < -0.39 is 41.7 Å². The predicted molar refractivity (Wildman–Crippen MR) is 115 cm³/mol. The molecule has 178 valence electrons. The average molecular weight is 466 g/mol. The minimum atomic E-state index is -0.777. The number of aliphatic hydroxyl groups excluding tert-OH is 1. The van der Waals surface area contributed by atoms with Crippen LogP contribution in [0.3, 0.4) is 0 Å². The van der Waals surface area contributed by atoms with Crippen LogP contribution >= 0.6 is 0 Å². The molecule has 3 atom stereocenters. The second-order valence-corrected chi connectivity index (χ2v) is 7.56. The smallest absolute Gasteiger partial charge is 0.319 e. The predicted octanol–water partition coefficient (Wildman–Crippen LogP) is 3.35. The Labute approximate surface area is 188 Å². The fourth-order valence-electron chi connectivity index (χ4n) is 3.48. The van der Waals surface area contributed by atoms with Crippen molar-refractivity contribution in [2.75, 3.05) is 23.8 Å². The molecule has 1 aliphatic heterocycles. The van der Waals surface area contributed by atoms with Gasteiger partial charge in [0.2, 0.25) is 0 Å². The highest BCUT2D eigenvalue weighted by atomic mass is 19.1. The van der Waals surface area contributed by atoms with Crippen LogP contribution in [0.15, 0.2) is 42.5 Å². The van der Waals surface area contributed by atoms with Gasteiger partial charge in [-0.05, 0) is 55.7 Å². The van der Waals surface area contributed by atoms with Gasteiger partial charge in [-0.1, -0.05) is 0 Å². The van der Waals surface area contributed by atoms with Gasteiger partial charge in [-0.2, -0.15) is 0 Å². The van der Waals surface area contributed by atoms with Crippen LogP contribution in [-0.2, 0) is 4.74 Å². The third-order valence-electron chi connectivity index (χ3n) is 5.14. The molecule has 1 aliphatic rings. The van der Waals surface area contributed by atoms with Gasteiger partial charge in [0.1, 0.15) is 23.6 Å². The molecule has 0 aromatic heterocycles. The lowest BCUT2D eigenvalue weighted by Crippen LogP contribution is -2.52. The Hall–Kier alpha value is -3.31. The Morgan fingerprint density at radius 3 is 2.42 bits per heavy atom. The minimum absolute atomic E-state index is 0.255. The first-order chi connectivity index (χ1) is 15.8. The number of ether oxygens (including phenoxy) is 1. The average Bonchev–Trinajstić information content (AvgIpc) is 2.78. The second-order valence-electron chi connectivity index (χ2n) is 7.56. The molecule has 0 bridgehead atoms. The standard InChI is InChI=1S/C22H25F3N4O4/c23-13-1-4-15(5-2-13)27-21(31)26-10-9-16-6-8-18(20(12-30)33-16)28-22(32)29-19-11-14(24)3-7-17(19)25/h1-5,7,11,16,18,20,30H,6,8-10,12H2,(H2,26,27,31)(H2,28,29,32)/t16-,18-,20-/m0/s1. The second kappa shape index (κ2) is 11.5. The highest BCUT2D eigenvalue weighted by Crippen LogP contribution is 2.22. The molecule has 3 rings (SSSR count). The van der Waals surface area contributed by atoms with E-state index in [9.17, 15) is 27.9 Å². The summed E-state index contributed by atoms with van der Waals surface area (Å²) in [4.78, 5) is 24.1. The quantitative estimate of drug-likeness (QED) is 0.431. The monoisotopic (exact) mass is 466 g/mol. The van der Waals surface area contributed by atoms with Gasteiger partial charge in [-0.3, -0.25) is 0 Å². The van der Waals surface area contributed by atoms with Crippen molar-refractivity contribution in [2.45, 2.75) is 37.5 Å². The molecular formula is C22H25F3N4O4. The molecule has 0 saturated carbocycles. The van der Waals surface area contributed by atoms with Crippen LogP contribution in [0, 0.1) is 17.5 Å². The van der Waals surface area contributed by atoms with Crippen molar-refractivity contribution in [2.24, 2.45) is 0 Å². The van der Waals surface area contributed by atoms with Gasteiger partial charge in [-0.25, -0.2) is 22.8 Å². The van der Waals surface area contributed by atoms with E-state index >= 15 is 0 Å². The highest BCUT2D eigenvalue weighted by molar-refractivity contribution is 5.90. The number of benzene rings is 2. The van der Waals surface area contributed by atoms with Crippen molar-refractivity contribution >= 4 is 23.4 Å². The van der Waals surface area contributed by atoms with Crippen LogP contribution < -0.4 is 21.3 Å². The SMILES string of the molecule is O=C(NCC[C@@H]1CC[C@H](NC(=O)Nc2cc(F)ccc2F)[C@H](CO)O1)Nc1ccc(F)cc1. The number of hydrogen-bond donors (Lipinski definition) is 5. The lowest BCUT2D eigenvalue weighted by atomic mass is 9.97. The molecule has 1 fully saturated rings. The molecule has 4 amide bonds. The Balaban J connectivity index is 1.41. The van der Waals surface area contributed by atoms with Crippen molar-refractivity contribution < 1.29 is 32.6 Å². The lowest BCUT2D eigenvalue weighted by molar-refractivity contribution is -0.0885. The number of carbonyl (C=O) groups is 2. The van der Waals surface area contributed by atoms with E-state index in [-0.39, 0.29) is 18.4 Å². The molecule has 1 heterocycles. The fraction of sp³-hybridized carbons (Fsp3) is 0.364. The van der Waals surface area contributed by atoms with Crippen molar-refractivity contribution in [3.05, 3.63) is 59.9 Å². The molecule has 0 aliphatic carbocycles. The highest BCUT2D eigenvalue weighted by Gasteiger charge is 2.32. The lowest BCUT2D eigenvalue weighted by Gasteiger charge is -2.36. The topological polar surface area (TPSA) is 112 Å². The molecule has 0 unspecified atom stereocenters. The summed E-state index contributed by atoms with van der Waals surface area (Å²) in [6.45, 7) is -0.0540. The summed E-state index contributed by atoms with van der Waals surface area (Å²) in [5, 5.41) is 19.8. The zero-order valence-electron chi connectivity index (χ0n) is 17.6. The minimum Gasteiger partial charge on any atom is -0.394 e. The number of anilines is 2. The summed E-state index contributed by atoms with van der Waals surface area (Å²) in [5.74, 6) is -1.87. The molecule has 11 heteroatoms. The van der Waals surface area contributed by atoms with E-state index in [0.29, 0.717) is 31.5 Å². The summed E-state index contributed by atoms with van der Waals surface area (Å²) >= 11 is 0. The van der Waals surface area contributed by atoms with E-state index in [4.69, 9.17) is 4.74 Å². The number of rotatable bonds is 7.